The highest BCUT2D eigenvalue weighted by Gasteiger charge is 2.08. The van der Waals surface area contributed by atoms with Crippen LogP contribution in [0.1, 0.15) is 5.56 Å². The van der Waals surface area contributed by atoms with Gasteiger partial charge in [-0.2, -0.15) is 5.26 Å². The Bertz CT molecular complexity index is 796. The lowest BCUT2D eigenvalue weighted by atomic mass is 10.2. The quantitative estimate of drug-likeness (QED) is 0.476. The SMILES string of the molecule is N#Cc1ccc(-c2cccs2)nc1SCCOc1ccccc1. The second kappa shape index (κ2) is 7.82. The van der Waals surface area contributed by atoms with Crippen LogP contribution in [0.3, 0.4) is 0 Å². The second-order valence-corrected chi connectivity index (χ2v) is 6.68. The summed E-state index contributed by atoms with van der Waals surface area (Å²) in [6.07, 6.45) is 0. The van der Waals surface area contributed by atoms with Gasteiger partial charge < -0.3 is 4.74 Å². The molecule has 0 unspecified atom stereocenters. The van der Waals surface area contributed by atoms with Gasteiger partial charge in [-0.25, -0.2) is 4.98 Å². The van der Waals surface area contributed by atoms with Gasteiger partial charge >= 0.3 is 0 Å². The van der Waals surface area contributed by atoms with E-state index >= 15 is 0 Å². The van der Waals surface area contributed by atoms with E-state index in [1.807, 2.05) is 60.0 Å². The minimum absolute atomic E-state index is 0.574. The van der Waals surface area contributed by atoms with Crippen molar-refractivity contribution in [1.29, 1.82) is 5.26 Å². The Balaban J connectivity index is 1.64. The Morgan fingerprint density at radius 2 is 1.96 bits per heavy atom. The zero-order valence-corrected chi connectivity index (χ0v) is 13.9. The minimum atomic E-state index is 0.574. The number of thioether (sulfide) groups is 1. The number of para-hydroxylation sites is 1. The maximum atomic E-state index is 9.24. The Morgan fingerprint density at radius 1 is 1.09 bits per heavy atom. The molecule has 0 aliphatic heterocycles. The molecule has 0 saturated carbocycles. The van der Waals surface area contributed by atoms with Gasteiger partial charge in [-0.1, -0.05) is 24.3 Å². The van der Waals surface area contributed by atoms with E-state index in [4.69, 9.17) is 4.74 Å². The number of hydrogen-bond donors (Lipinski definition) is 0. The lowest BCUT2D eigenvalue weighted by Crippen LogP contribution is -2.01. The molecule has 0 amide bonds. The maximum absolute atomic E-state index is 9.24. The van der Waals surface area contributed by atoms with Gasteiger partial charge in [-0.15, -0.1) is 23.1 Å². The van der Waals surface area contributed by atoms with Crippen LogP contribution in [0.25, 0.3) is 10.6 Å². The number of aromatic nitrogens is 1. The standard InChI is InChI=1S/C18H14N2OS2/c19-13-14-8-9-16(17-7-4-11-22-17)20-18(14)23-12-10-21-15-5-2-1-3-6-15/h1-9,11H,10,12H2. The summed E-state index contributed by atoms with van der Waals surface area (Å²) in [5.41, 5.74) is 1.51. The van der Waals surface area contributed by atoms with Crippen LogP contribution in [0, 0.1) is 11.3 Å². The third-order valence-corrected chi connectivity index (χ3v) is 4.94. The average molecular weight is 338 g/mol. The van der Waals surface area contributed by atoms with Gasteiger partial charge in [0.2, 0.25) is 0 Å². The van der Waals surface area contributed by atoms with Crippen molar-refractivity contribution in [3.05, 3.63) is 65.5 Å². The van der Waals surface area contributed by atoms with Crippen molar-refractivity contribution in [2.24, 2.45) is 0 Å². The van der Waals surface area contributed by atoms with E-state index in [0.717, 1.165) is 27.1 Å². The molecule has 0 radical (unpaired) electrons. The largest absolute Gasteiger partial charge is 0.493 e. The number of nitrogens with zero attached hydrogens (tertiary/aromatic N) is 2. The molecule has 2 heterocycles. The predicted molar refractivity (Wildman–Crippen MR) is 94.9 cm³/mol. The molecule has 114 valence electrons. The van der Waals surface area contributed by atoms with Crippen LogP contribution in [0.4, 0.5) is 0 Å². The third-order valence-electron chi connectivity index (χ3n) is 3.09. The Labute approximate surface area is 143 Å². The summed E-state index contributed by atoms with van der Waals surface area (Å²) in [5, 5.41) is 12.0. The lowest BCUT2D eigenvalue weighted by molar-refractivity contribution is 0.344. The summed E-state index contributed by atoms with van der Waals surface area (Å²) in [7, 11) is 0. The summed E-state index contributed by atoms with van der Waals surface area (Å²) < 4.78 is 5.67. The molecule has 0 aliphatic carbocycles. The fourth-order valence-corrected chi connectivity index (χ4v) is 3.50. The number of rotatable bonds is 6. The Kier molecular flexibility index (Phi) is 5.30. The van der Waals surface area contributed by atoms with Gasteiger partial charge in [-0.3, -0.25) is 0 Å². The molecule has 5 heteroatoms. The maximum Gasteiger partial charge on any atom is 0.119 e. The zero-order chi connectivity index (χ0) is 15.9. The smallest absolute Gasteiger partial charge is 0.119 e. The van der Waals surface area contributed by atoms with Crippen molar-refractivity contribution in [2.75, 3.05) is 12.4 Å². The predicted octanol–water partition coefficient (Wildman–Crippen LogP) is 4.85. The van der Waals surface area contributed by atoms with Gasteiger partial charge in [0, 0.05) is 5.75 Å². The number of nitriles is 1. The zero-order valence-electron chi connectivity index (χ0n) is 12.3. The van der Waals surface area contributed by atoms with E-state index in [9.17, 15) is 5.26 Å². The number of ether oxygens (including phenoxy) is 1. The molecule has 0 saturated heterocycles. The fourth-order valence-electron chi connectivity index (χ4n) is 2.01. The van der Waals surface area contributed by atoms with Crippen molar-refractivity contribution in [1.82, 2.24) is 4.98 Å². The van der Waals surface area contributed by atoms with Crippen LogP contribution in [0.15, 0.2) is 65.0 Å². The van der Waals surface area contributed by atoms with E-state index < -0.39 is 0 Å². The van der Waals surface area contributed by atoms with Crippen LogP contribution in [-0.4, -0.2) is 17.3 Å². The second-order valence-electron chi connectivity index (χ2n) is 4.65. The highest BCUT2D eigenvalue weighted by Crippen LogP contribution is 2.27. The first-order valence-corrected chi connectivity index (χ1v) is 8.99. The monoisotopic (exact) mass is 338 g/mol. The molecule has 0 atom stereocenters. The number of hydrogen-bond acceptors (Lipinski definition) is 5. The third kappa shape index (κ3) is 4.13. The first kappa shape index (κ1) is 15.6. The topological polar surface area (TPSA) is 45.9 Å². The number of thiophene rings is 1. The molecule has 0 bridgehead atoms. The van der Waals surface area contributed by atoms with Crippen LogP contribution in [-0.2, 0) is 0 Å². The Morgan fingerprint density at radius 3 is 2.70 bits per heavy atom. The van der Waals surface area contributed by atoms with Crippen molar-refractivity contribution in [2.45, 2.75) is 5.03 Å². The molecular formula is C18H14N2OS2. The number of benzene rings is 1. The molecule has 0 N–H and O–H groups in total. The molecular weight excluding hydrogens is 324 g/mol. The van der Waals surface area contributed by atoms with Crippen molar-refractivity contribution < 1.29 is 4.74 Å². The van der Waals surface area contributed by atoms with E-state index in [-0.39, 0.29) is 0 Å². The van der Waals surface area contributed by atoms with Crippen LogP contribution < -0.4 is 4.74 Å². The van der Waals surface area contributed by atoms with E-state index in [2.05, 4.69) is 11.1 Å². The highest BCUT2D eigenvalue weighted by molar-refractivity contribution is 7.99. The van der Waals surface area contributed by atoms with Crippen molar-refractivity contribution in [3.8, 4) is 22.4 Å². The lowest BCUT2D eigenvalue weighted by Gasteiger charge is -2.07. The summed E-state index contributed by atoms with van der Waals surface area (Å²) in [6.45, 7) is 0.574. The first-order chi connectivity index (χ1) is 11.4. The summed E-state index contributed by atoms with van der Waals surface area (Å²) in [6, 6.07) is 19.7. The van der Waals surface area contributed by atoms with Crippen molar-refractivity contribution >= 4 is 23.1 Å². The number of pyridine rings is 1. The van der Waals surface area contributed by atoms with Gasteiger partial charge in [0.15, 0.2) is 0 Å². The van der Waals surface area contributed by atoms with Gasteiger partial charge in [0.05, 0.1) is 22.7 Å². The molecule has 0 fully saturated rings. The molecule has 0 aliphatic rings. The summed E-state index contributed by atoms with van der Waals surface area (Å²) in [4.78, 5) is 5.73. The summed E-state index contributed by atoms with van der Waals surface area (Å²) >= 11 is 3.19. The van der Waals surface area contributed by atoms with Gasteiger partial charge in [0.25, 0.3) is 0 Å². The summed E-state index contributed by atoms with van der Waals surface area (Å²) in [5.74, 6) is 1.60. The van der Waals surface area contributed by atoms with E-state index in [0.29, 0.717) is 12.2 Å². The Hall–Kier alpha value is -2.29. The van der Waals surface area contributed by atoms with Crippen LogP contribution in [0.2, 0.25) is 0 Å². The van der Waals surface area contributed by atoms with Gasteiger partial charge in [-0.05, 0) is 35.7 Å². The molecule has 3 nitrogen and oxygen atoms in total. The van der Waals surface area contributed by atoms with E-state index in [1.54, 1.807) is 23.1 Å². The van der Waals surface area contributed by atoms with E-state index in [1.165, 1.54) is 0 Å². The molecule has 3 aromatic rings. The van der Waals surface area contributed by atoms with Crippen LogP contribution >= 0.6 is 23.1 Å². The van der Waals surface area contributed by atoms with Crippen LogP contribution in [0.5, 0.6) is 5.75 Å². The molecule has 0 spiro atoms. The molecule has 1 aromatic carbocycles. The molecule has 3 rings (SSSR count). The normalized spacial score (nSPS) is 10.2. The first-order valence-electron chi connectivity index (χ1n) is 7.12. The minimum Gasteiger partial charge on any atom is -0.493 e. The van der Waals surface area contributed by atoms with Crippen molar-refractivity contribution in [3.63, 3.8) is 0 Å². The highest BCUT2D eigenvalue weighted by atomic mass is 32.2. The van der Waals surface area contributed by atoms with Gasteiger partial charge in [0.1, 0.15) is 16.8 Å². The fraction of sp³-hybridized carbons (Fsp3) is 0.111. The average Bonchev–Trinajstić information content (AvgIpc) is 3.14. The molecule has 2 aromatic heterocycles. The molecule has 23 heavy (non-hydrogen) atoms.